The fraction of sp³-hybridized carbons (Fsp3) is 0.269. The van der Waals surface area contributed by atoms with Crippen LogP contribution in [0.2, 0.25) is 0 Å². The molecule has 0 atom stereocenters. The first kappa shape index (κ1) is 22.7. The minimum atomic E-state index is -0.236. The number of pyridine rings is 2. The first-order valence-electron chi connectivity index (χ1n) is 11.6. The van der Waals surface area contributed by atoms with E-state index in [-0.39, 0.29) is 5.91 Å². The summed E-state index contributed by atoms with van der Waals surface area (Å²) >= 11 is 0. The lowest BCUT2D eigenvalue weighted by Crippen LogP contribution is -2.31. The molecule has 5 rings (SSSR count). The maximum Gasteiger partial charge on any atom is 0.260 e. The second-order valence-electron chi connectivity index (χ2n) is 8.92. The number of likely N-dealkylation sites (tertiary alicyclic amines) is 1. The Hall–Kier alpha value is -4.11. The number of hydrogen-bond acceptors (Lipinski definition) is 6. The van der Waals surface area contributed by atoms with Crippen LogP contribution < -0.4 is 5.32 Å². The quantitative estimate of drug-likeness (QED) is 0.404. The van der Waals surface area contributed by atoms with Gasteiger partial charge in [0.15, 0.2) is 0 Å². The lowest BCUT2D eigenvalue weighted by Gasteiger charge is -2.28. The normalized spacial score (nSPS) is 15.4. The van der Waals surface area contributed by atoms with E-state index in [1.54, 1.807) is 18.5 Å². The number of nitrogens with one attached hydrogen (secondary N) is 2. The highest BCUT2D eigenvalue weighted by Gasteiger charge is 2.20. The van der Waals surface area contributed by atoms with Gasteiger partial charge in [0, 0.05) is 35.6 Å². The van der Waals surface area contributed by atoms with Crippen LogP contribution in [0.15, 0.2) is 54.0 Å². The van der Waals surface area contributed by atoms with Crippen LogP contribution >= 0.6 is 0 Å². The Balaban J connectivity index is 1.33. The molecule has 4 aromatic rings. The number of H-pyrrole nitrogens is 1. The maximum absolute atomic E-state index is 12.9. The van der Waals surface area contributed by atoms with Crippen LogP contribution in [0.4, 0.5) is 11.6 Å². The first-order valence-corrected chi connectivity index (χ1v) is 11.6. The predicted molar refractivity (Wildman–Crippen MR) is 139 cm³/mol. The summed E-state index contributed by atoms with van der Waals surface area (Å²) in [5.74, 6) is 0.934. The van der Waals surface area contributed by atoms with Crippen LogP contribution in [0.1, 0.15) is 47.4 Å². The number of amides is 1. The molecule has 178 valence electrons. The summed E-state index contributed by atoms with van der Waals surface area (Å²) in [6, 6.07) is 8.00. The van der Waals surface area contributed by atoms with Gasteiger partial charge in [-0.25, -0.2) is 15.0 Å². The number of aromatic nitrogens is 5. The third-order valence-corrected chi connectivity index (χ3v) is 6.43. The van der Waals surface area contributed by atoms with Gasteiger partial charge < -0.3 is 15.2 Å². The number of carbonyl (C=O) groups excluding carboxylic acids is 1. The van der Waals surface area contributed by atoms with Crippen LogP contribution in [0, 0.1) is 0 Å². The van der Waals surface area contributed by atoms with Crippen LogP contribution in [0.25, 0.3) is 22.6 Å². The van der Waals surface area contributed by atoms with Gasteiger partial charge >= 0.3 is 0 Å². The molecule has 0 unspecified atom stereocenters. The van der Waals surface area contributed by atoms with Crippen molar-refractivity contribution in [1.82, 2.24) is 29.6 Å². The molecule has 1 aliphatic heterocycles. The van der Waals surface area contributed by atoms with Gasteiger partial charge in [-0.1, -0.05) is 0 Å². The molecule has 1 aliphatic rings. The van der Waals surface area contributed by atoms with E-state index in [2.05, 4.69) is 44.0 Å². The molecule has 0 aromatic carbocycles. The predicted octanol–water partition coefficient (Wildman–Crippen LogP) is 4.57. The molecule has 0 saturated carbocycles. The Morgan fingerprint density at radius 3 is 2.89 bits per heavy atom. The topological polar surface area (TPSA) is 104 Å². The van der Waals surface area contributed by atoms with Crippen LogP contribution in [0.5, 0.6) is 0 Å². The van der Waals surface area contributed by atoms with Gasteiger partial charge in [0.05, 0.1) is 29.0 Å². The van der Waals surface area contributed by atoms with Gasteiger partial charge in [-0.2, -0.15) is 5.10 Å². The summed E-state index contributed by atoms with van der Waals surface area (Å²) < 4.78 is 1.91. The van der Waals surface area contributed by atoms with Gasteiger partial charge in [0.25, 0.3) is 5.91 Å². The smallest absolute Gasteiger partial charge is 0.260 e. The number of aromatic amines is 1. The summed E-state index contributed by atoms with van der Waals surface area (Å²) in [5.41, 5.74) is 4.03. The number of nitrogens with zero attached hydrogens (tertiary/aromatic N) is 6. The van der Waals surface area contributed by atoms with Gasteiger partial charge in [-0.3, -0.25) is 9.48 Å². The molecule has 1 saturated heterocycles. The summed E-state index contributed by atoms with van der Waals surface area (Å²) in [6.45, 7) is 7.66. The fourth-order valence-electron chi connectivity index (χ4n) is 4.34. The summed E-state index contributed by atoms with van der Waals surface area (Å²) in [7, 11) is 2.13. The molecule has 0 radical (unpaired) electrons. The zero-order chi connectivity index (χ0) is 24.4. The number of fused-ring (bicyclic) bond motifs is 1. The van der Waals surface area contributed by atoms with Crippen molar-refractivity contribution in [3.8, 4) is 0 Å². The first-order chi connectivity index (χ1) is 17.0. The minimum absolute atomic E-state index is 0.236. The number of hydrogen-bond donors (Lipinski definition) is 2. The summed E-state index contributed by atoms with van der Waals surface area (Å²) in [6.07, 6.45) is 11.1. The molecule has 9 heteroatoms. The fourth-order valence-corrected chi connectivity index (χ4v) is 4.34. The summed E-state index contributed by atoms with van der Waals surface area (Å²) in [5, 5.41) is 8.21. The van der Waals surface area contributed by atoms with E-state index in [0.717, 1.165) is 59.5 Å². The van der Waals surface area contributed by atoms with Gasteiger partial charge in [-0.15, -0.1) is 0 Å². The average Bonchev–Trinajstić information content (AvgIpc) is 3.54. The second kappa shape index (κ2) is 9.63. The summed E-state index contributed by atoms with van der Waals surface area (Å²) in [4.78, 5) is 31.4. The van der Waals surface area contributed by atoms with Crippen molar-refractivity contribution in [2.75, 3.05) is 25.5 Å². The minimum Gasteiger partial charge on any atom is -0.346 e. The van der Waals surface area contributed by atoms with E-state index >= 15 is 0 Å². The third kappa shape index (κ3) is 4.90. The molecule has 4 aromatic heterocycles. The van der Waals surface area contributed by atoms with Gasteiger partial charge in [0.2, 0.25) is 0 Å². The SMILES string of the molecule is C=Nc1[nH]ccc1/C=C(\C)c1ccc2cnc(NC(=O)c3cnn(C4CCN(C)CC4)c3)cc2n1. The zero-order valence-corrected chi connectivity index (χ0v) is 19.9. The molecular weight excluding hydrogens is 440 g/mol. The monoisotopic (exact) mass is 468 g/mol. The highest BCUT2D eigenvalue weighted by Crippen LogP contribution is 2.25. The zero-order valence-electron chi connectivity index (χ0n) is 19.9. The average molecular weight is 469 g/mol. The number of anilines is 1. The molecule has 35 heavy (non-hydrogen) atoms. The molecular formula is C26H28N8O. The third-order valence-electron chi connectivity index (χ3n) is 6.43. The van der Waals surface area contributed by atoms with Crippen molar-refractivity contribution in [2.24, 2.45) is 4.99 Å². The highest BCUT2D eigenvalue weighted by atomic mass is 16.1. The standard InChI is InChI=1S/C26H28N8O/c1-17(12-18-6-9-28-25(18)27-2)22-5-4-19-14-29-24(13-23(19)31-22)32-26(35)20-15-30-34(16-20)21-7-10-33(3)11-8-21/h4-6,9,12-16,21,28H,2,7-8,10-11H2,1,3H3,(H,29,32,35)/b17-12+. The van der Waals surface area contributed by atoms with Crippen molar-refractivity contribution in [2.45, 2.75) is 25.8 Å². The van der Waals surface area contributed by atoms with E-state index in [1.807, 2.05) is 48.3 Å². The molecule has 9 nitrogen and oxygen atoms in total. The molecule has 1 fully saturated rings. The van der Waals surface area contributed by atoms with Crippen molar-refractivity contribution in [3.63, 3.8) is 0 Å². The van der Waals surface area contributed by atoms with Gasteiger partial charge in [-0.05, 0) is 76.5 Å². The molecule has 0 bridgehead atoms. The van der Waals surface area contributed by atoms with E-state index in [4.69, 9.17) is 4.98 Å². The maximum atomic E-state index is 12.9. The molecule has 0 spiro atoms. The highest BCUT2D eigenvalue weighted by molar-refractivity contribution is 6.04. The Morgan fingerprint density at radius 2 is 2.09 bits per heavy atom. The van der Waals surface area contributed by atoms with Crippen LogP contribution in [-0.4, -0.2) is 62.4 Å². The number of carbonyl (C=O) groups is 1. The number of piperidine rings is 1. The molecule has 0 aliphatic carbocycles. The lowest BCUT2D eigenvalue weighted by atomic mass is 10.1. The Labute approximate surface area is 203 Å². The second-order valence-corrected chi connectivity index (χ2v) is 8.92. The van der Waals surface area contributed by atoms with Crippen LogP contribution in [-0.2, 0) is 0 Å². The molecule has 1 amide bonds. The molecule has 5 heterocycles. The number of rotatable bonds is 6. The largest absolute Gasteiger partial charge is 0.346 e. The number of aliphatic imine (C=N–C) groups is 1. The van der Waals surface area contributed by atoms with E-state index in [0.29, 0.717) is 17.4 Å². The Bertz CT molecular complexity index is 1410. The number of allylic oxidation sites excluding steroid dienone is 1. The lowest BCUT2D eigenvalue weighted by molar-refractivity contribution is 0.102. The van der Waals surface area contributed by atoms with Crippen molar-refractivity contribution >= 4 is 46.8 Å². The van der Waals surface area contributed by atoms with Crippen molar-refractivity contribution in [3.05, 3.63) is 65.9 Å². The van der Waals surface area contributed by atoms with E-state index < -0.39 is 0 Å². The van der Waals surface area contributed by atoms with E-state index in [1.165, 1.54) is 0 Å². The van der Waals surface area contributed by atoms with E-state index in [9.17, 15) is 4.79 Å². The van der Waals surface area contributed by atoms with Crippen molar-refractivity contribution < 1.29 is 4.79 Å². The van der Waals surface area contributed by atoms with Gasteiger partial charge in [0.1, 0.15) is 11.6 Å². The van der Waals surface area contributed by atoms with Crippen molar-refractivity contribution in [1.29, 1.82) is 0 Å². The molecule has 2 N–H and O–H groups in total. The Morgan fingerprint density at radius 1 is 1.26 bits per heavy atom. The van der Waals surface area contributed by atoms with Crippen LogP contribution in [0.3, 0.4) is 0 Å². The Kier molecular flexibility index (Phi) is 6.24.